The zero-order valence-electron chi connectivity index (χ0n) is 9.63. The smallest absolute Gasteiger partial charge is 0.00701 e. The van der Waals surface area contributed by atoms with Crippen LogP contribution in [-0.4, -0.2) is 37.1 Å². The van der Waals surface area contributed by atoms with Gasteiger partial charge in [-0.15, -0.1) is 0 Å². The lowest BCUT2D eigenvalue weighted by Crippen LogP contribution is -2.39. The molecule has 2 saturated heterocycles. The molecule has 0 aromatic carbocycles. The van der Waals surface area contributed by atoms with E-state index in [1.807, 2.05) is 0 Å². The average molecular weight is 196 g/mol. The van der Waals surface area contributed by atoms with E-state index < -0.39 is 0 Å². The minimum Gasteiger partial charge on any atom is -0.316 e. The molecule has 0 bridgehead atoms. The van der Waals surface area contributed by atoms with Gasteiger partial charge in [0, 0.05) is 19.1 Å². The van der Waals surface area contributed by atoms with Gasteiger partial charge >= 0.3 is 0 Å². The van der Waals surface area contributed by atoms with Gasteiger partial charge in [-0.05, 0) is 51.1 Å². The molecule has 2 fully saturated rings. The Balaban J connectivity index is 1.78. The predicted octanol–water partition coefficient (Wildman–Crippen LogP) is 1.72. The van der Waals surface area contributed by atoms with Gasteiger partial charge in [0.2, 0.25) is 0 Å². The Hall–Kier alpha value is -0.0800. The second kappa shape index (κ2) is 4.63. The molecular formula is C12H24N2. The molecule has 2 heterocycles. The maximum absolute atomic E-state index is 3.51. The van der Waals surface area contributed by atoms with Crippen molar-refractivity contribution in [1.29, 1.82) is 0 Å². The van der Waals surface area contributed by atoms with Gasteiger partial charge in [-0.3, -0.25) is 0 Å². The summed E-state index contributed by atoms with van der Waals surface area (Å²) < 4.78 is 0. The summed E-state index contributed by atoms with van der Waals surface area (Å²) in [5.41, 5.74) is 0. The number of nitrogens with zero attached hydrogens (tertiary/aromatic N) is 1. The molecule has 2 unspecified atom stereocenters. The molecule has 2 aliphatic rings. The lowest BCUT2D eigenvalue weighted by molar-refractivity contribution is 0.201. The van der Waals surface area contributed by atoms with Crippen LogP contribution >= 0.6 is 0 Å². The van der Waals surface area contributed by atoms with Gasteiger partial charge in [-0.25, -0.2) is 0 Å². The summed E-state index contributed by atoms with van der Waals surface area (Å²) >= 11 is 0. The molecule has 0 aromatic rings. The first-order chi connectivity index (χ1) is 6.75. The first-order valence-electron chi connectivity index (χ1n) is 6.20. The highest BCUT2D eigenvalue weighted by atomic mass is 15.2. The fourth-order valence-corrected chi connectivity index (χ4v) is 3.05. The lowest BCUT2D eigenvalue weighted by atomic mass is 9.99. The van der Waals surface area contributed by atoms with E-state index in [4.69, 9.17) is 0 Å². The first-order valence-corrected chi connectivity index (χ1v) is 6.20. The van der Waals surface area contributed by atoms with Crippen LogP contribution in [0.2, 0.25) is 0 Å². The Bertz CT molecular complexity index is 175. The van der Waals surface area contributed by atoms with Gasteiger partial charge in [-0.2, -0.15) is 0 Å². The minimum absolute atomic E-state index is 0.826. The molecule has 0 aliphatic carbocycles. The Morgan fingerprint density at radius 3 is 2.79 bits per heavy atom. The van der Waals surface area contributed by atoms with Gasteiger partial charge < -0.3 is 10.2 Å². The molecule has 2 rings (SSSR count). The van der Waals surface area contributed by atoms with Crippen molar-refractivity contribution in [1.82, 2.24) is 10.2 Å². The third kappa shape index (κ3) is 2.48. The van der Waals surface area contributed by atoms with E-state index in [0.717, 1.165) is 17.9 Å². The van der Waals surface area contributed by atoms with Crippen LogP contribution in [0, 0.1) is 11.8 Å². The molecule has 0 spiro atoms. The van der Waals surface area contributed by atoms with Crippen molar-refractivity contribution in [2.45, 2.75) is 39.2 Å². The van der Waals surface area contributed by atoms with Crippen LogP contribution in [0.4, 0.5) is 0 Å². The van der Waals surface area contributed by atoms with E-state index in [-0.39, 0.29) is 0 Å². The fraction of sp³-hybridized carbons (Fsp3) is 1.00. The summed E-state index contributed by atoms with van der Waals surface area (Å²) in [6.45, 7) is 9.92. The number of rotatable bonds is 2. The largest absolute Gasteiger partial charge is 0.316 e. The van der Waals surface area contributed by atoms with Crippen LogP contribution in [0.5, 0.6) is 0 Å². The van der Waals surface area contributed by atoms with Crippen LogP contribution in [0.3, 0.4) is 0 Å². The highest BCUT2D eigenvalue weighted by Gasteiger charge is 2.28. The van der Waals surface area contributed by atoms with Gasteiger partial charge in [0.1, 0.15) is 0 Å². The monoisotopic (exact) mass is 196 g/mol. The van der Waals surface area contributed by atoms with Crippen molar-refractivity contribution >= 4 is 0 Å². The quantitative estimate of drug-likeness (QED) is 0.723. The Kier molecular flexibility index (Phi) is 3.45. The van der Waals surface area contributed by atoms with E-state index >= 15 is 0 Å². The molecule has 0 radical (unpaired) electrons. The molecule has 0 amide bonds. The van der Waals surface area contributed by atoms with Crippen molar-refractivity contribution in [3.05, 3.63) is 0 Å². The standard InChI is InChI=1S/C12H24N2/c1-10-6-11(2)14(8-10)9-12-4-3-5-13-7-12/h10-13H,3-9H2,1-2H3/t10?,11?,12-/m1/s1. The van der Waals surface area contributed by atoms with Crippen LogP contribution < -0.4 is 5.32 Å². The summed E-state index contributed by atoms with van der Waals surface area (Å²) in [5, 5.41) is 3.51. The third-order valence-corrected chi connectivity index (χ3v) is 3.80. The van der Waals surface area contributed by atoms with Crippen LogP contribution in [0.15, 0.2) is 0 Å². The van der Waals surface area contributed by atoms with Crippen LogP contribution in [0.1, 0.15) is 33.1 Å². The Morgan fingerprint density at radius 2 is 2.21 bits per heavy atom. The first kappa shape index (κ1) is 10.4. The number of likely N-dealkylation sites (tertiary alicyclic amines) is 1. The highest BCUT2D eigenvalue weighted by Crippen LogP contribution is 2.24. The maximum Gasteiger partial charge on any atom is 0.00701 e. The van der Waals surface area contributed by atoms with Crippen molar-refractivity contribution in [3.8, 4) is 0 Å². The second-order valence-electron chi connectivity index (χ2n) is 5.36. The normalized spacial score (nSPS) is 40.3. The second-order valence-corrected chi connectivity index (χ2v) is 5.36. The third-order valence-electron chi connectivity index (χ3n) is 3.80. The molecule has 2 aliphatic heterocycles. The van der Waals surface area contributed by atoms with Gasteiger partial charge in [-0.1, -0.05) is 6.92 Å². The summed E-state index contributed by atoms with van der Waals surface area (Å²) in [4.78, 5) is 2.70. The predicted molar refractivity (Wildman–Crippen MR) is 60.4 cm³/mol. The number of hydrogen-bond donors (Lipinski definition) is 1. The van der Waals surface area contributed by atoms with E-state index in [1.165, 1.54) is 45.4 Å². The van der Waals surface area contributed by atoms with Gasteiger partial charge in [0.05, 0.1) is 0 Å². The Labute approximate surface area is 88.1 Å². The molecule has 0 aromatic heterocycles. The van der Waals surface area contributed by atoms with E-state index in [1.54, 1.807) is 0 Å². The molecule has 2 heteroatoms. The van der Waals surface area contributed by atoms with E-state index in [2.05, 4.69) is 24.1 Å². The van der Waals surface area contributed by atoms with Gasteiger partial charge in [0.15, 0.2) is 0 Å². The number of nitrogens with one attached hydrogen (secondary N) is 1. The average Bonchev–Trinajstić information content (AvgIpc) is 2.47. The summed E-state index contributed by atoms with van der Waals surface area (Å²) in [6.07, 6.45) is 4.22. The van der Waals surface area contributed by atoms with Crippen molar-refractivity contribution in [2.75, 3.05) is 26.2 Å². The van der Waals surface area contributed by atoms with Crippen LogP contribution in [0.25, 0.3) is 0 Å². The number of hydrogen-bond acceptors (Lipinski definition) is 2. The molecule has 3 atom stereocenters. The number of piperidine rings is 1. The zero-order valence-corrected chi connectivity index (χ0v) is 9.63. The summed E-state index contributed by atoms with van der Waals surface area (Å²) in [7, 11) is 0. The topological polar surface area (TPSA) is 15.3 Å². The van der Waals surface area contributed by atoms with E-state index in [0.29, 0.717) is 0 Å². The fourth-order valence-electron chi connectivity index (χ4n) is 3.05. The highest BCUT2D eigenvalue weighted by molar-refractivity contribution is 4.83. The molecule has 82 valence electrons. The molecule has 14 heavy (non-hydrogen) atoms. The maximum atomic E-state index is 3.51. The lowest BCUT2D eigenvalue weighted by Gasteiger charge is -2.29. The summed E-state index contributed by atoms with van der Waals surface area (Å²) in [6, 6.07) is 0.826. The summed E-state index contributed by atoms with van der Waals surface area (Å²) in [5.74, 6) is 1.83. The molecule has 0 saturated carbocycles. The van der Waals surface area contributed by atoms with Crippen molar-refractivity contribution < 1.29 is 0 Å². The van der Waals surface area contributed by atoms with Crippen molar-refractivity contribution in [3.63, 3.8) is 0 Å². The zero-order chi connectivity index (χ0) is 9.97. The molecule has 2 nitrogen and oxygen atoms in total. The van der Waals surface area contributed by atoms with Crippen LogP contribution in [-0.2, 0) is 0 Å². The molecule has 1 N–H and O–H groups in total. The van der Waals surface area contributed by atoms with Crippen molar-refractivity contribution in [2.24, 2.45) is 11.8 Å². The SMILES string of the molecule is CC1CC(C)N(C[C@@H]2CCCNC2)C1. The Morgan fingerprint density at radius 1 is 1.36 bits per heavy atom. The van der Waals surface area contributed by atoms with Gasteiger partial charge in [0.25, 0.3) is 0 Å². The molecular weight excluding hydrogens is 172 g/mol. The van der Waals surface area contributed by atoms with E-state index in [9.17, 15) is 0 Å². The minimum atomic E-state index is 0.826.